The van der Waals surface area contributed by atoms with E-state index in [0.29, 0.717) is 5.69 Å². The third-order valence-corrected chi connectivity index (χ3v) is 4.43. The van der Waals surface area contributed by atoms with Gasteiger partial charge in [-0.1, -0.05) is 35.9 Å². The standard InChI is InChI=1S/C19H22N2O/c1-13-5-3-6-15(11-13)18-7-4-10-21(18)19(22)17-12-16(20)9-8-14(17)2/h3,5-6,8-9,11-12,18H,4,7,10,20H2,1-2H3. The summed E-state index contributed by atoms with van der Waals surface area (Å²) >= 11 is 0. The van der Waals surface area contributed by atoms with Crippen LogP contribution in [0.2, 0.25) is 0 Å². The molecule has 3 rings (SSSR count). The first-order valence-electron chi connectivity index (χ1n) is 7.80. The van der Waals surface area contributed by atoms with Crippen LogP contribution in [0.4, 0.5) is 5.69 Å². The molecule has 0 spiro atoms. The quantitative estimate of drug-likeness (QED) is 0.855. The van der Waals surface area contributed by atoms with Gasteiger partial charge in [-0.3, -0.25) is 4.79 Å². The normalized spacial score (nSPS) is 17.7. The molecule has 0 saturated carbocycles. The van der Waals surface area contributed by atoms with E-state index in [1.165, 1.54) is 11.1 Å². The molecule has 0 aromatic heterocycles. The van der Waals surface area contributed by atoms with E-state index in [0.717, 1.165) is 30.5 Å². The summed E-state index contributed by atoms with van der Waals surface area (Å²) in [5, 5.41) is 0. The highest BCUT2D eigenvalue weighted by molar-refractivity contribution is 5.97. The molecule has 114 valence electrons. The van der Waals surface area contributed by atoms with E-state index in [9.17, 15) is 4.79 Å². The number of anilines is 1. The van der Waals surface area contributed by atoms with Crippen molar-refractivity contribution in [3.63, 3.8) is 0 Å². The Hall–Kier alpha value is -2.29. The van der Waals surface area contributed by atoms with E-state index in [-0.39, 0.29) is 11.9 Å². The summed E-state index contributed by atoms with van der Waals surface area (Å²) in [6, 6.07) is 14.2. The lowest BCUT2D eigenvalue weighted by molar-refractivity contribution is 0.0735. The first-order chi connectivity index (χ1) is 10.6. The van der Waals surface area contributed by atoms with E-state index in [1.807, 2.05) is 24.0 Å². The molecule has 2 aromatic rings. The number of likely N-dealkylation sites (tertiary alicyclic amines) is 1. The highest BCUT2D eigenvalue weighted by Crippen LogP contribution is 2.34. The second kappa shape index (κ2) is 5.84. The molecule has 1 aliphatic heterocycles. The van der Waals surface area contributed by atoms with Gasteiger partial charge in [0.1, 0.15) is 0 Å². The lowest BCUT2D eigenvalue weighted by Gasteiger charge is -2.26. The zero-order valence-electron chi connectivity index (χ0n) is 13.2. The maximum Gasteiger partial charge on any atom is 0.254 e. The molecule has 1 atom stereocenters. The van der Waals surface area contributed by atoms with Gasteiger partial charge in [0, 0.05) is 17.8 Å². The summed E-state index contributed by atoms with van der Waals surface area (Å²) in [5.41, 5.74) is 10.7. The molecule has 0 bridgehead atoms. The molecular formula is C19H22N2O. The summed E-state index contributed by atoms with van der Waals surface area (Å²) < 4.78 is 0. The fourth-order valence-electron chi connectivity index (χ4n) is 3.26. The number of hydrogen-bond donors (Lipinski definition) is 1. The lowest BCUT2D eigenvalue weighted by Crippen LogP contribution is -2.31. The highest BCUT2D eigenvalue weighted by Gasteiger charge is 2.31. The van der Waals surface area contributed by atoms with Gasteiger partial charge in [-0.15, -0.1) is 0 Å². The summed E-state index contributed by atoms with van der Waals surface area (Å²) in [6.45, 7) is 4.86. The van der Waals surface area contributed by atoms with Crippen LogP contribution in [0.5, 0.6) is 0 Å². The highest BCUT2D eigenvalue weighted by atomic mass is 16.2. The SMILES string of the molecule is Cc1cccc(C2CCCN2C(=O)c2cc(N)ccc2C)c1. The number of amides is 1. The summed E-state index contributed by atoms with van der Waals surface area (Å²) in [5.74, 6) is 0.0915. The van der Waals surface area contributed by atoms with Gasteiger partial charge in [0.25, 0.3) is 5.91 Å². The van der Waals surface area contributed by atoms with E-state index in [2.05, 4.69) is 31.2 Å². The minimum absolute atomic E-state index is 0.0915. The van der Waals surface area contributed by atoms with Crippen molar-refractivity contribution in [1.82, 2.24) is 4.90 Å². The monoisotopic (exact) mass is 294 g/mol. The Bertz CT molecular complexity index is 708. The molecule has 1 unspecified atom stereocenters. The summed E-state index contributed by atoms with van der Waals surface area (Å²) in [7, 11) is 0. The first kappa shape index (κ1) is 14.6. The molecule has 1 saturated heterocycles. The Kier molecular flexibility index (Phi) is 3.88. The Labute approximate surface area is 131 Å². The number of nitrogen functional groups attached to an aromatic ring is 1. The number of aryl methyl sites for hydroxylation is 2. The Balaban J connectivity index is 1.93. The molecule has 2 N–H and O–H groups in total. The molecule has 1 heterocycles. The second-order valence-corrected chi connectivity index (χ2v) is 6.15. The summed E-state index contributed by atoms with van der Waals surface area (Å²) in [4.78, 5) is 15.0. The van der Waals surface area contributed by atoms with Gasteiger partial charge in [-0.2, -0.15) is 0 Å². The fraction of sp³-hybridized carbons (Fsp3) is 0.316. The molecule has 1 amide bonds. The Morgan fingerprint density at radius 3 is 2.77 bits per heavy atom. The third-order valence-electron chi connectivity index (χ3n) is 4.43. The van der Waals surface area contributed by atoms with Crippen LogP contribution in [-0.4, -0.2) is 17.4 Å². The maximum atomic E-state index is 13.0. The fourth-order valence-corrected chi connectivity index (χ4v) is 3.26. The molecule has 2 aromatic carbocycles. The van der Waals surface area contributed by atoms with Gasteiger partial charge in [0.05, 0.1) is 6.04 Å². The molecule has 0 aliphatic carbocycles. The van der Waals surface area contributed by atoms with Gasteiger partial charge >= 0.3 is 0 Å². The second-order valence-electron chi connectivity index (χ2n) is 6.15. The van der Waals surface area contributed by atoms with Gasteiger partial charge in [0.2, 0.25) is 0 Å². The maximum absolute atomic E-state index is 13.0. The number of nitrogens with two attached hydrogens (primary N) is 1. The minimum Gasteiger partial charge on any atom is -0.399 e. The van der Waals surface area contributed by atoms with Crippen molar-refractivity contribution < 1.29 is 4.79 Å². The largest absolute Gasteiger partial charge is 0.399 e. The molecular weight excluding hydrogens is 272 g/mol. The summed E-state index contributed by atoms with van der Waals surface area (Å²) in [6.07, 6.45) is 2.07. The van der Waals surface area contributed by atoms with E-state index < -0.39 is 0 Å². The number of rotatable bonds is 2. The number of carbonyl (C=O) groups is 1. The molecule has 3 nitrogen and oxygen atoms in total. The van der Waals surface area contributed by atoms with Crippen molar-refractivity contribution in [2.45, 2.75) is 32.7 Å². The van der Waals surface area contributed by atoms with Crippen LogP contribution in [0.3, 0.4) is 0 Å². The van der Waals surface area contributed by atoms with Crippen molar-refractivity contribution in [2.24, 2.45) is 0 Å². The van der Waals surface area contributed by atoms with E-state index in [1.54, 1.807) is 6.07 Å². The van der Waals surface area contributed by atoms with E-state index in [4.69, 9.17) is 5.73 Å². The van der Waals surface area contributed by atoms with E-state index >= 15 is 0 Å². The van der Waals surface area contributed by atoms with Crippen molar-refractivity contribution in [2.75, 3.05) is 12.3 Å². The molecule has 22 heavy (non-hydrogen) atoms. The average molecular weight is 294 g/mol. The van der Waals surface area contributed by atoms with Crippen molar-refractivity contribution >= 4 is 11.6 Å². The third kappa shape index (κ3) is 2.71. The zero-order chi connectivity index (χ0) is 15.7. The smallest absolute Gasteiger partial charge is 0.254 e. The van der Waals surface area contributed by atoms with Crippen molar-refractivity contribution in [1.29, 1.82) is 0 Å². The topological polar surface area (TPSA) is 46.3 Å². The Morgan fingerprint density at radius 2 is 2.00 bits per heavy atom. The molecule has 0 radical (unpaired) electrons. The van der Waals surface area contributed by atoms with Crippen LogP contribution in [0.1, 0.15) is 45.9 Å². The van der Waals surface area contributed by atoms with Crippen LogP contribution in [-0.2, 0) is 0 Å². The lowest BCUT2D eigenvalue weighted by atomic mass is 10.0. The number of benzene rings is 2. The van der Waals surface area contributed by atoms with Gasteiger partial charge in [-0.05, 0) is 49.9 Å². The average Bonchev–Trinajstić information content (AvgIpc) is 2.98. The Morgan fingerprint density at radius 1 is 1.18 bits per heavy atom. The van der Waals surface area contributed by atoms with Crippen LogP contribution in [0.15, 0.2) is 42.5 Å². The van der Waals surface area contributed by atoms with Gasteiger partial charge in [-0.25, -0.2) is 0 Å². The minimum atomic E-state index is 0.0915. The van der Waals surface area contributed by atoms with Crippen LogP contribution in [0.25, 0.3) is 0 Å². The first-order valence-corrected chi connectivity index (χ1v) is 7.80. The molecule has 3 heteroatoms. The molecule has 1 aliphatic rings. The van der Waals surface area contributed by atoms with Crippen LogP contribution in [0, 0.1) is 13.8 Å². The van der Waals surface area contributed by atoms with Gasteiger partial charge < -0.3 is 10.6 Å². The number of hydrogen-bond acceptors (Lipinski definition) is 2. The van der Waals surface area contributed by atoms with Crippen LogP contribution < -0.4 is 5.73 Å². The predicted molar refractivity (Wildman–Crippen MR) is 89.8 cm³/mol. The van der Waals surface area contributed by atoms with Gasteiger partial charge in [0.15, 0.2) is 0 Å². The number of carbonyl (C=O) groups excluding carboxylic acids is 1. The number of nitrogens with zero attached hydrogens (tertiary/aromatic N) is 1. The van der Waals surface area contributed by atoms with Crippen molar-refractivity contribution in [3.8, 4) is 0 Å². The van der Waals surface area contributed by atoms with Crippen LogP contribution >= 0.6 is 0 Å². The molecule has 1 fully saturated rings. The zero-order valence-corrected chi connectivity index (χ0v) is 13.2. The van der Waals surface area contributed by atoms with Crippen molar-refractivity contribution in [3.05, 3.63) is 64.7 Å². The predicted octanol–water partition coefficient (Wildman–Crippen LogP) is 3.86.